The number of aryl methyl sites for hydroxylation is 1. The molecule has 0 unspecified atom stereocenters. The maximum Gasteiger partial charge on any atom is 0.338 e. The third-order valence-electron chi connectivity index (χ3n) is 2.47. The number of halogens is 1. The molecule has 0 aliphatic heterocycles. The van der Waals surface area contributed by atoms with Crippen molar-refractivity contribution in [2.45, 2.75) is 26.4 Å². The van der Waals surface area contributed by atoms with E-state index in [1.807, 2.05) is 12.1 Å². The molecule has 1 rings (SSSR count). The Morgan fingerprint density at radius 1 is 1.41 bits per heavy atom. The van der Waals surface area contributed by atoms with Crippen LogP contribution in [0.25, 0.3) is 0 Å². The molecule has 0 aromatic heterocycles. The largest absolute Gasteiger partial charge is 0.462 e. The van der Waals surface area contributed by atoms with Crippen molar-refractivity contribution in [1.82, 2.24) is 0 Å². The molecule has 1 N–H and O–H groups in total. The van der Waals surface area contributed by atoms with E-state index >= 15 is 0 Å². The fourth-order valence-corrected chi connectivity index (χ4v) is 2.00. The first-order valence-corrected chi connectivity index (χ1v) is 6.81. The van der Waals surface area contributed by atoms with Crippen molar-refractivity contribution in [3.63, 3.8) is 0 Å². The summed E-state index contributed by atoms with van der Waals surface area (Å²) in [6.07, 6.45) is 1.74. The van der Waals surface area contributed by atoms with E-state index in [-0.39, 0.29) is 12.6 Å². The molecule has 0 spiro atoms. The van der Waals surface area contributed by atoms with Gasteiger partial charge in [-0.3, -0.25) is 0 Å². The molecule has 1 aromatic rings. The summed E-state index contributed by atoms with van der Waals surface area (Å²) in [6.45, 7) is 1.98. The van der Waals surface area contributed by atoms with Crippen LogP contribution in [0.2, 0.25) is 0 Å². The normalized spacial score (nSPS) is 10.3. The number of carbonyl (C=O) groups excluding carboxylic acids is 1. The van der Waals surface area contributed by atoms with Crippen LogP contribution >= 0.6 is 15.9 Å². The number of alkyl halides is 1. The average Bonchev–Trinajstić information content (AvgIpc) is 2.35. The summed E-state index contributed by atoms with van der Waals surface area (Å²) in [7, 11) is 0. The van der Waals surface area contributed by atoms with E-state index in [2.05, 4.69) is 15.9 Å². The number of hydrogen-bond acceptors (Lipinski definition) is 3. The molecule has 0 aliphatic rings. The van der Waals surface area contributed by atoms with Crippen molar-refractivity contribution in [2.24, 2.45) is 0 Å². The molecule has 0 atom stereocenters. The minimum Gasteiger partial charge on any atom is -0.462 e. The van der Waals surface area contributed by atoms with E-state index in [1.54, 1.807) is 13.0 Å². The van der Waals surface area contributed by atoms with Crippen LogP contribution in [0.5, 0.6) is 0 Å². The fraction of sp³-hybridized carbons (Fsp3) is 0.462. The van der Waals surface area contributed by atoms with Crippen molar-refractivity contribution < 1.29 is 14.6 Å². The molecule has 94 valence electrons. The van der Waals surface area contributed by atoms with Gasteiger partial charge in [-0.15, -0.1) is 0 Å². The van der Waals surface area contributed by atoms with Gasteiger partial charge in [0.15, 0.2) is 0 Å². The first-order valence-electron chi connectivity index (χ1n) is 5.69. The van der Waals surface area contributed by atoms with Gasteiger partial charge < -0.3 is 9.84 Å². The molecular weight excluding hydrogens is 284 g/mol. The lowest BCUT2D eigenvalue weighted by atomic mass is 9.98. The van der Waals surface area contributed by atoms with E-state index in [0.717, 1.165) is 23.7 Å². The predicted molar refractivity (Wildman–Crippen MR) is 70.4 cm³/mol. The van der Waals surface area contributed by atoms with Crippen LogP contribution in [0.1, 0.15) is 34.8 Å². The van der Waals surface area contributed by atoms with Gasteiger partial charge in [-0.2, -0.15) is 0 Å². The van der Waals surface area contributed by atoms with E-state index in [1.165, 1.54) is 0 Å². The van der Waals surface area contributed by atoms with Gasteiger partial charge in [0.05, 0.1) is 18.8 Å². The number of esters is 1. The molecule has 0 heterocycles. The van der Waals surface area contributed by atoms with Crippen molar-refractivity contribution >= 4 is 21.9 Å². The Labute approximate surface area is 110 Å². The Morgan fingerprint density at radius 2 is 2.12 bits per heavy atom. The molecule has 4 heteroatoms. The van der Waals surface area contributed by atoms with E-state index < -0.39 is 0 Å². The predicted octanol–water partition coefficient (Wildman–Crippen LogP) is 2.68. The number of aliphatic hydroxyl groups is 1. The highest BCUT2D eigenvalue weighted by atomic mass is 79.9. The molecule has 0 saturated carbocycles. The fourth-order valence-electron chi connectivity index (χ4n) is 1.72. The van der Waals surface area contributed by atoms with Crippen molar-refractivity contribution in [3.8, 4) is 0 Å². The number of aliphatic hydroxyl groups excluding tert-OH is 1. The van der Waals surface area contributed by atoms with Gasteiger partial charge in [0.1, 0.15) is 0 Å². The molecular formula is C13H17BrO3. The third kappa shape index (κ3) is 3.82. The standard InChI is InChI=1S/C13H17BrO3/c1-2-17-13(16)12-10(7-4-8-14)5-3-6-11(12)9-15/h3,5-6,15H,2,4,7-9H2,1H3. The highest BCUT2D eigenvalue weighted by Gasteiger charge is 2.16. The monoisotopic (exact) mass is 300 g/mol. The molecule has 0 radical (unpaired) electrons. The summed E-state index contributed by atoms with van der Waals surface area (Å²) >= 11 is 3.37. The Morgan fingerprint density at radius 3 is 2.71 bits per heavy atom. The minimum absolute atomic E-state index is 0.143. The SMILES string of the molecule is CCOC(=O)c1c(CO)cccc1CCCBr. The highest BCUT2D eigenvalue weighted by molar-refractivity contribution is 9.09. The van der Waals surface area contributed by atoms with E-state index in [4.69, 9.17) is 4.74 Å². The minimum atomic E-state index is -0.346. The Hall–Kier alpha value is -0.870. The van der Waals surface area contributed by atoms with Gasteiger partial charge >= 0.3 is 5.97 Å². The summed E-state index contributed by atoms with van der Waals surface area (Å²) in [4.78, 5) is 11.9. The molecule has 1 aromatic carbocycles. The molecule has 0 bridgehead atoms. The Bertz CT molecular complexity index is 377. The van der Waals surface area contributed by atoms with Crippen LogP contribution in [0, 0.1) is 0 Å². The van der Waals surface area contributed by atoms with Crippen molar-refractivity contribution in [3.05, 3.63) is 34.9 Å². The van der Waals surface area contributed by atoms with Crippen LogP contribution in [-0.2, 0) is 17.8 Å². The van der Waals surface area contributed by atoms with Crippen LogP contribution in [0.3, 0.4) is 0 Å². The van der Waals surface area contributed by atoms with Gasteiger partial charge in [-0.05, 0) is 30.9 Å². The number of hydrogen-bond donors (Lipinski definition) is 1. The first-order chi connectivity index (χ1) is 8.24. The summed E-state index contributed by atoms with van der Waals surface area (Å²) in [5.41, 5.74) is 2.10. The van der Waals surface area contributed by atoms with Crippen LogP contribution in [0.4, 0.5) is 0 Å². The molecule has 17 heavy (non-hydrogen) atoms. The summed E-state index contributed by atoms with van der Waals surface area (Å²) in [6, 6.07) is 5.52. The lowest BCUT2D eigenvalue weighted by Crippen LogP contribution is -2.12. The van der Waals surface area contributed by atoms with Crippen LogP contribution < -0.4 is 0 Å². The summed E-state index contributed by atoms with van der Waals surface area (Å²) in [5, 5.41) is 10.2. The lowest BCUT2D eigenvalue weighted by Gasteiger charge is -2.12. The van der Waals surface area contributed by atoms with Gasteiger partial charge in [-0.1, -0.05) is 34.1 Å². The summed E-state index contributed by atoms with van der Waals surface area (Å²) in [5.74, 6) is -0.346. The molecule has 0 amide bonds. The highest BCUT2D eigenvalue weighted by Crippen LogP contribution is 2.18. The smallest absolute Gasteiger partial charge is 0.338 e. The molecule has 0 saturated heterocycles. The third-order valence-corrected chi connectivity index (χ3v) is 3.03. The van der Waals surface area contributed by atoms with E-state index in [0.29, 0.717) is 17.7 Å². The second kappa shape index (κ2) is 7.45. The number of ether oxygens (including phenoxy) is 1. The van der Waals surface area contributed by atoms with Crippen molar-refractivity contribution in [1.29, 1.82) is 0 Å². The number of rotatable bonds is 6. The first kappa shape index (κ1) is 14.2. The second-order valence-corrected chi connectivity index (χ2v) is 4.42. The zero-order chi connectivity index (χ0) is 12.7. The lowest BCUT2D eigenvalue weighted by molar-refractivity contribution is 0.0521. The van der Waals surface area contributed by atoms with E-state index in [9.17, 15) is 9.90 Å². The Balaban J connectivity index is 3.06. The Kier molecular flexibility index (Phi) is 6.22. The molecule has 0 fully saturated rings. The van der Waals surface area contributed by atoms with Gasteiger partial charge in [-0.25, -0.2) is 4.79 Å². The number of carbonyl (C=O) groups is 1. The second-order valence-electron chi connectivity index (χ2n) is 3.62. The van der Waals surface area contributed by atoms with Crippen LogP contribution in [-0.4, -0.2) is 23.0 Å². The topological polar surface area (TPSA) is 46.5 Å². The maximum atomic E-state index is 11.9. The quantitative estimate of drug-likeness (QED) is 0.649. The number of benzene rings is 1. The zero-order valence-corrected chi connectivity index (χ0v) is 11.5. The molecule has 0 aliphatic carbocycles. The average molecular weight is 301 g/mol. The summed E-state index contributed by atoms with van der Waals surface area (Å²) < 4.78 is 5.03. The maximum absolute atomic E-state index is 11.9. The van der Waals surface area contributed by atoms with Gasteiger partial charge in [0.2, 0.25) is 0 Å². The molecule has 3 nitrogen and oxygen atoms in total. The van der Waals surface area contributed by atoms with Crippen molar-refractivity contribution in [2.75, 3.05) is 11.9 Å². The van der Waals surface area contributed by atoms with Gasteiger partial charge in [0, 0.05) is 5.33 Å². The van der Waals surface area contributed by atoms with Gasteiger partial charge in [0.25, 0.3) is 0 Å². The zero-order valence-electron chi connectivity index (χ0n) is 9.91. The van der Waals surface area contributed by atoms with Crippen LogP contribution in [0.15, 0.2) is 18.2 Å².